The van der Waals surface area contributed by atoms with Crippen LogP contribution in [0.15, 0.2) is 15.6 Å². The molecular weight excluding hydrogens is 416 g/mol. The van der Waals surface area contributed by atoms with Crippen molar-refractivity contribution in [3.63, 3.8) is 0 Å². The molecule has 0 aromatic heterocycles. The highest BCUT2D eigenvalue weighted by Crippen LogP contribution is 2.55. The molecule has 31 heavy (non-hydrogen) atoms. The van der Waals surface area contributed by atoms with Crippen LogP contribution in [-0.2, 0) is 9.59 Å². The van der Waals surface area contributed by atoms with Crippen LogP contribution < -0.4 is 11.5 Å². The summed E-state index contributed by atoms with van der Waals surface area (Å²) in [6.07, 6.45) is 6.22. The summed E-state index contributed by atoms with van der Waals surface area (Å²) in [5, 5.41) is 20.2. The Balaban J connectivity index is 1.32. The number of rotatable bonds is 7. The van der Waals surface area contributed by atoms with Gasteiger partial charge in [-0.1, -0.05) is 6.92 Å². The summed E-state index contributed by atoms with van der Waals surface area (Å²) in [6, 6.07) is -0.225. The molecule has 0 unspecified atom stereocenters. The number of aliphatic carboxylic acids is 1. The number of aliphatic hydroxyl groups excluding tert-OH is 1. The summed E-state index contributed by atoms with van der Waals surface area (Å²) < 4.78 is 0. The number of aliphatic hydroxyl groups is 1. The number of nitrogens with two attached hydrogens (primary N) is 2. The Bertz CT molecular complexity index is 795. The SMILES string of the molecule is C[C@@H](O)[C@H]1C(=O)N2C(C(=O)O)=C(SC3CC(C4CCC(CN=C(N)N)CC4)C3)[C@H](C)[C@H]12. The molecule has 8 nitrogen and oxygen atoms in total. The molecule has 2 aliphatic carbocycles. The van der Waals surface area contributed by atoms with E-state index in [1.54, 1.807) is 18.7 Å². The van der Waals surface area contributed by atoms with Gasteiger partial charge >= 0.3 is 5.97 Å². The molecule has 2 heterocycles. The number of carboxylic acids is 1. The fourth-order valence-electron chi connectivity index (χ4n) is 6.02. The number of β-lactam (4-membered cyclic amide) rings is 1. The number of nitrogens with zero attached hydrogens (tertiary/aromatic N) is 2. The van der Waals surface area contributed by atoms with Gasteiger partial charge in [0.05, 0.1) is 18.1 Å². The van der Waals surface area contributed by atoms with E-state index in [-0.39, 0.29) is 29.5 Å². The molecule has 6 N–H and O–H groups in total. The average Bonchev–Trinajstić information content (AvgIpc) is 2.91. The molecule has 4 rings (SSSR count). The molecule has 4 aliphatic rings. The number of carbonyl (C=O) groups excluding carboxylic acids is 1. The monoisotopic (exact) mass is 450 g/mol. The van der Waals surface area contributed by atoms with Crippen molar-refractivity contribution < 1.29 is 19.8 Å². The lowest BCUT2D eigenvalue weighted by Gasteiger charge is -2.46. The van der Waals surface area contributed by atoms with E-state index in [1.165, 1.54) is 30.6 Å². The van der Waals surface area contributed by atoms with Gasteiger partial charge in [0.15, 0.2) is 5.96 Å². The van der Waals surface area contributed by atoms with Gasteiger partial charge in [-0.2, -0.15) is 0 Å². The number of amides is 1. The summed E-state index contributed by atoms with van der Waals surface area (Å²) in [7, 11) is 0. The van der Waals surface area contributed by atoms with Crippen LogP contribution in [0.1, 0.15) is 52.4 Å². The van der Waals surface area contributed by atoms with E-state index in [1.807, 2.05) is 6.92 Å². The van der Waals surface area contributed by atoms with Gasteiger partial charge in [-0.05, 0) is 63.2 Å². The quantitative estimate of drug-likeness (QED) is 0.263. The smallest absolute Gasteiger partial charge is 0.353 e. The van der Waals surface area contributed by atoms with Crippen molar-refractivity contribution in [2.24, 2.45) is 46.0 Å². The van der Waals surface area contributed by atoms with Gasteiger partial charge in [0, 0.05) is 22.6 Å². The standard InChI is InChI=1S/C22H34N4O4S/c1-10-17-16(11(2)27)20(28)26(17)18(21(29)30)19(10)31-15-7-14(8-15)13-5-3-12(4-6-13)9-25-22(23)24/h10-17,27H,3-9H2,1-2H3,(H,29,30)(H4,23,24,25)/t10-,11-,12?,13?,14?,15?,16-,17-/m1/s1. The third-order valence-corrected chi connectivity index (χ3v) is 9.36. The Hall–Kier alpha value is -1.74. The van der Waals surface area contributed by atoms with Crippen molar-refractivity contribution >= 4 is 29.6 Å². The molecule has 0 bridgehead atoms. The Labute approximate surface area is 187 Å². The summed E-state index contributed by atoms with van der Waals surface area (Å²) in [4.78, 5) is 30.8. The van der Waals surface area contributed by atoms with Gasteiger partial charge in [-0.15, -0.1) is 11.8 Å². The zero-order valence-electron chi connectivity index (χ0n) is 18.2. The molecule has 9 heteroatoms. The van der Waals surface area contributed by atoms with Crippen LogP contribution in [0.25, 0.3) is 0 Å². The topological polar surface area (TPSA) is 142 Å². The van der Waals surface area contributed by atoms with E-state index in [4.69, 9.17) is 11.5 Å². The maximum absolute atomic E-state index is 12.5. The molecule has 0 spiro atoms. The van der Waals surface area contributed by atoms with E-state index in [0.717, 1.165) is 30.2 Å². The average molecular weight is 451 g/mol. The zero-order valence-corrected chi connectivity index (χ0v) is 19.1. The van der Waals surface area contributed by atoms with Crippen LogP contribution in [0.4, 0.5) is 0 Å². The third kappa shape index (κ3) is 4.06. The number of thioether (sulfide) groups is 1. The highest BCUT2D eigenvalue weighted by atomic mass is 32.2. The molecule has 0 radical (unpaired) electrons. The van der Waals surface area contributed by atoms with E-state index in [2.05, 4.69) is 4.99 Å². The van der Waals surface area contributed by atoms with Crippen LogP contribution in [-0.4, -0.2) is 56.9 Å². The van der Waals surface area contributed by atoms with Crippen LogP contribution in [0.2, 0.25) is 0 Å². The van der Waals surface area contributed by atoms with Crippen LogP contribution >= 0.6 is 11.8 Å². The molecule has 4 atom stereocenters. The Kier molecular flexibility index (Phi) is 6.27. The molecule has 3 fully saturated rings. The fraction of sp³-hybridized carbons (Fsp3) is 0.773. The van der Waals surface area contributed by atoms with Crippen molar-refractivity contribution in [2.45, 2.75) is 69.8 Å². The van der Waals surface area contributed by atoms with Gasteiger partial charge < -0.3 is 26.6 Å². The summed E-state index contributed by atoms with van der Waals surface area (Å²) in [5.74, 6) is 0.356. The van der Waals surface area contributed by atoms with Gasteiger partial charge in [-0.25, -0.2) is 4.79 Å². The molecule has 1 saturated heterocycles. The largest absolute Gasteiger partial charge is 0.477 e. The molecule has 2 aliphatic heterocycles. The minimum Gasteiger partial charge on any atom is -0.477 e. The van der Waals surface area contributed by atoms with Gasteiger partial charge in [0.25, 0.3) is 0 Å². The first-order chi connectivity index (χ1) is 14.7. The zero-order chi connectivity index (χ0) is 22.4. The lowest BCUT2D eigenvalue weighted by Crippen LogP contribution is -2.63. The number of fused-ring (bicyclic) bond motifs is 1. The lowest BCUT2D eigenvalue weighted by molar-refractivity contribution is -0.163. The van der Waals surface area contributed by atoms with E-state index in [0.29, 0.717) is 17.1 Å². The second-order valence-corrected chi connectivity index (χ2v) is 11.1. The number of hydrogen-bond acceptors (Lipinski definition) is 5. The predicted molar refractivity (Wildman–Crippen MR) is 120 cm³/mol. The first-order valence-electron chi connectivity index (χ1n) is 11.4. The molecule has 1 amide bonds. The second kappa shape index (κ2) is 8.65. The predicted octanol–water partition coefficient (Wildman–Crippen LogP) is 1.73. The maximum Gasteiger partial charge on any atom is 0.353 e. The van der Waals surface area contributed by atoms with Crippen molar-refractivity contribution in [2.75, 3.05) is 6.54 Å². The number of aliphatic imine (C=N–C) groups is 1. The normalized spacial score (nSPS) is 38.2. The number of hydrogen-bond donors (Lipinski definition) is 4. The first-order valence-corrected chi connectivity index (χ1v) is 12.3. The number of carboxylic acid groups (broad SMARTS) is 1. The van der Waals surface area contributed by atoms with Crippen molar-refractivity contribution in [1.82, 2.24) is 4.90 Å². The summed E-state index contributed by atoms with van der Waals surface area (Å²) in [6.45, 7) is 4.33. The molecule has 0 aromatic rings. The van der Waals surface area contributed by atoms with Crippen LogP contribution in [0.5, 0.6) is 0 Å². The Morgan fingerprint density at radius 2 is 1.87 bits per heavy atom. The van der Waals surface area contributed by atoms with Crippen molar-refractivity contribution in [3.05, 3.63) is 10.6 Å². The Morgan fingerprint density at radius 1 is 1.23 bits per heavy atom. The lowest BCUT2D eigenvalue weighted by atomic mass is 9.68. The Morgan fingerprint density at radius 3 is 2.42 bits per heavy atom. The molecule has 0 aromatic carbocycles. The van der Waals surface area contributed by atoms with Gasteiger partial charge in [-0.3, -0.25) is 9.79 Å². The third-order valence-electron chi connectivity index (χ3n) is 7.83. The minimum absolute atomic E-state index is 0.0431. The summed E-state index contributed by atoms with van der Waals surface area (Å²) in [5.41, 5.74) is 11.0. The van der Waals surface area contributed by atoms with Crippen molar-refractivity contribution in [3.8, 4) is 0 Å². The molecule has 2 saturated carbocycles. The van der Waals surface area contributed by atoms with Gasteiger partial charge in [0.1, 0.15) is 5.70 Å². The van der Waals surface area contributed by atoms with E-state index >= 15 is 0 Å². The number of guanidine groups is 1. The van der Waals surface area contributed by atoms with Crippen LogP contribution in [0, 0.1) is 29.6 Å². The first kappa shape index (κ1) is 22.5. The van der Waals surface area contributed by atoms with Crippen molar-refractivity contribution in [1.29, 1.82) is 0 Å². The maximum atomic E-state index is 12.5. The minimum atomic E-state index is -1.04. The summed E-state index contributed by atoms with van der Waals surface area (Å²) >= 11 is 1.66. The fourth-order valence-corrected chi connectivity index (χ4v) is 7.72. The van der Waals surface area contributed by atoms with Gasteiger partial charge in [0.2, 0.25) is 5.91 Å². The highest BCUT2D eigenvalue weighted by Gasteiger charge is 2.60. The highest BCUT2D eigenvalue weighted by molar-refractivity contribution is 8.03. The second-order valence-electron chi connectivity index (χ2n) is 9.79. The molecular formula is C22H34N4O4S. The van der Waals surface area contributed by atoms with E-state index < -0.39 is 18.0 Å². The van der Waals surface area contributed by atoms with E-state index in [9.17, 15) is 19.8 Å². The van der Waals surface area contributed by atoms with Crippen LogP contribution in [0.3, 0.4) is 0 Å². The molecule has 172 valence electrons. The number of carbonyl (C=O) groups is 2.